The lowest BCUT2D eigenvalue weighted by Gasteiger charge is -2.00. The van der Waals surface area contributed by atoms with E-state index >= 15 is 0 Å². The molecule has 0 saturated carbocycles. The van der Waals surface area contributed by atoms with E-state index in [-0.39, 0.29) is 11.6 Å². The van der Waals surface area contributed by atoms with Crippen LogP contribution in [-0.4, -0.2) is 27.6 Å². The van der Waals surface area contributed by atoms with Gasteiger partial charge in [0.15, 0.2) is 11.5 Å². The predicted molar refractivity (Wildman–Crippen MR) is 74.4 cm³/mol. The number of aromatic nitrogens is 3. The summed E-state index contributed by atoms with van der Waals surface area (Å²) >= 11 is 1.54. The maximum absolute atomic E-state index is 11.9. The quantitative estimate of drug-likeness (QED) is 0.753. The molecule has 102 valence electrons. The summed E-state index contributed by atoms with van der Waals surface area (Å²) in [6.07, 6.45) is 4.08. The molecule has 3 rings (SSSR count). The molecule has 20 heavy (non-hydrogen) atoms. The van der Waals surface area contributed by atoms with E-state index in [4.69, 9.17) is 4.52 Å². The van der Waals surface area contributed by atoms with Gasteiger partial charge in [-0.2, -0.15) is 0 Å². The van der Waals surface area contributed by atoms with E-state index in [9.17, 15) is 4.79 Å². The summed E-state index contributed by atoms with van der Waals surface area (Å²) in [5.74, 6) is 1.20. The van der Waals surface area contributed by atoms with Crippen LogP contribution in [0.1, 0.15) is 16.3 Å². The number of rotatable bonds is 5. The highest BCUT2D eigenvalue weighted by Crippen LogP contribution is 2.24. The van der Waals surface area contributed by atoms with Crippen molar-refractivity contribution >= 4 is 17.2 Å². The Morgan fingerprint density at radius 1 is 1.50 bits per heavy atom. The number of imidazole rings is 1. The van der Waals surface area contributed by atoms with Crippen LogP contribution in [0.15, 0.2) is 40.5 Å². The molecule has 3 aromatic rings. The Kier molecular flexibility index (Phi) is 3.60. The fourth-order valence-corrected chi connectivity index (χ4v) is 2.41. The molecule has 0 aromatic carbocycles. The van der Waals surface area contributed by atoms with Crippen LogP contribution in [0.5, 0.6) is 0 Å². The van der Waals surface area contributed by atoms with Gasteiger partial charge in [-0.3, -0.25) is 4.79 Å². The number of hydrogen-bond acceptors (Lipinski definition) is 5. The van der Waals surface area contributed by atoms with Crippen LogP contribution in [0.4, 0.5) is 0 Å². The van der Waals surface area contributed by atoms with Gasteiger partial charge in [-0.15, -0.1) is 11.3 Å². The Labute approximate surface area is 118 Å². The van der Waals surface area contributed by atoms with Gasteiger partial charge in [-0.25, -0.2) is 4.98 Å². The zero-order valence-corrected chi connectivity index (χ0v) is 11.3. The van der Waals surface area contributed by atoms with Gasteiger partial charge in [-0.05, 0) is 11.4 Å². The number of nitrogens with zero attached hydrogens (tertiary/aromatic N) is 2. The number of hydrogen-bond donors (Lipinski definition) is 2. The second-order valence-corrected chi connectivity index (χ2v) is 5.04. The van der Waals surface area contributed by atoms with Crippen LogP contribution in [0.2, 0.25) is 0 Å². The summed E-state index contributed by atoms with van der Waals surface area (Å²) in [6.45, 7) is 0.494. The van der Waals surface area contributed by atoms with E-state index in [0.717, 1.165) is 10.7 Å². The molecule has 0 unspecified atom stereocenters. The minimum atomic E-state index is -0.247. The molecule has 0 saturated heterocycles. The van der Waals surface area contributed by atoms with E-state index in [1.54, 1.807) is 18.5 Å². The highest BCUT2D eigenvalue weighted by molar-refractivity contribution is 7.13. The van der Waals surface area contributed by atoms with E-state index < -0.39 is 0 Å². The summed E-state index contributed by atoms with van der Waals surface area (Å²) in [5, 5.41) is 8.51. The third kappa shape index (κ3) is 2.77. The van der Waals surface area contributed by atoms with E-state index in [0.29, 0.717) is 18.7 Å². The van der Waals surface area contributed by atoms with Crippen LogP contribution >= 0.6 is 11.3 Å². The zero-order chi connectivity index (χ0) is 13.8. The van der Waals surface area contributed by atoms with Crippen molar-refractivity contribution in [3.8, 4) is 10.6 Å². The smallest absolute Gasteiger partial charge is 0.273 e. The standard InChI is InChI=1S/C13H12N4O2S/c18-13(16-4-3-12-14-5-6-15-12)9-8-10(19-17-9)11-2-1-7-20-11/h1-2,5-8H,3-4H2,(H,14,15)(H,16,18). The summed E-state index contributed by atoms with van der Waals surface area (Å²) in [4.78, 5) is 19.9. The Morgan fingerprint density at radius 2 is 2.45 bits per heavy atom. The van der Waals surface area contributed by atoms with E-state index in [1.165, 1.54) is 11.3 Å². The minimum absolute atomic E-state index is 0.247. The number of thiophene rings is 1. The fraction of sp³-hybridized carbons (Fsp3) is 0.154. The van der Waals surface area contributed by atoms with Crippen molar-refractivity contribution in [2.24, 2.45) is 0 Å². The maximum atomic E-state index is 11.9. The second kappa shape index (κ2) is 5.70. The molecule has 0 spiro atoms. The Hall–Kier alpha value is -2.41. The van der Waals surface area contributed by atoms with Crippen LogP contribution in [0.3, 0.4) is 0 Å². The Balaban J connectivity index is 1.57. The first kappa shape index (κ1) is 12.6. The number of H-pyrrole nitrogens is 1. The summed E-state index contributed by atoms with van der Waals surface area (Å²) < 4.78 is 5.16. The number of carbonyl (C=O) groups excluding carboxylic acids is 1. The lowest BCUT2D eigenvalue weighted by atomic mass is 10.3. The van der Waals surface area contributed by atoms with Crippen molar-refractivity contribution in [3.05, 3.63) is 47.5 Å². The van der Waals surface area contributed by atoms with Crippen LogP contribution < -0.4 is 5.32 Å². The molecule has 7 heteroatoms. The van der Waals surface area contributed by atoms with Crippen molar-refractivity contribution in [1.82, 2.24) is 20.4 Å². The molecular formula is C13H12N4O2S. The first-order valence-electron chi connectivity index (χ1n) is 6.10. The van der Waals surface area contributed by atoms with Gasteiger partial charge in [-0.1, -0.05) is 11.2 Å². The molecule has 0 aliphatic carbocycles. The molecule has 0 bridgehead atoms. The molecule has 3 aromatic heterocycles. The fourth-order valence-electron chi connectivity index (χ4n) is 1.74. The Morgan fingerprint density at radius 3 is 3.20 bits per heavy atom. The van der Waals surface area contributed by atoms with Gasteiger partial charge in [0.05, 0.1) is 4.88 Å². The SMILES string of the molecule is O=C(NCCc1ncc[nH]1)c1cc(-c2cccs2)on1. The number of nitrogens with one attached hydrogen (secondary N) is 2. The van der Waals surface area contributed by atoms with Crippen molar-refractivity contribution < 1.29 is 9.32 Å². The molecule has 1 amide bonds. The van der Waals surface area contributed by atoms with Gasteiger partial charge >= 0.3 is 0 Å². The van der Waals surface area contributed by atoms with Crippen molar-refractivity contribution in [2.45, 2.75) is 6.42 Å². The molecule has 6 nitrogen and oxygen atoms in total. The maximum Gasteiger partial charge on any atom is 0.273 e. The summed E-state index contributed by atoms with van der Waals surface area (Å²) in [5.41, 5.74) is 0.285. The summed E-state index contributed by atoms with van der Waals surface area (Å²) in [7, 11) is 0. The van der Waals surface area contributed by atoms with Crippen LogP contribution in [-0.2, 0) is 6.42 Å². The molecule has 0 aliphatic heterocycles. The lowest BCUT2D eigenvalue weighted by Crippen LogP contribution is -2.26. The molecule has 0 aliphatic rings. The topological polar surface area (TPSA) is 83.8 Å². The Bertz CT molecular complexity index is 673. The van der Waals surface area contributed by atoms with Gasteiger partial charge in [0.2, 0.25) is 0 Å². The van der Waals surface area contributed by atoms with Gasteiger partial charge < -0.3 is 14.8 Å². The third-order valence-corrected chi connectivity index (χ3v) is 3.59. The highest BCUT2D eigenvalue weighted by Gasteiger charge is 2.13. The molecular weight excluding hydrogens is 276 g/mol. The van der Waals surface area contributed by atoms with Gasteiger partial charge in [0.1, 0.15) is 5.82 Å². The predicted octanol–water partition coefficient (Wildman–Crippen LogP) is 2.10. The highest BCUT2D eigenvalue weighted by atomic mass is 32.1. The number of aromatic amines is 1. The van der Waals surface area contributed by atoms with E-state index in [2.05, 4.69) is 20.4 Å². The molecule has 3 heterocycles. The normalized spacial score (nSPS) is 10.6. The number of amides is 1. The van der Waals surface area contributed by atoms with Crippen molar-refractivity contribution in [1.29, 1.82) is 0 Å². The van der Waals surface area contributed by atoms with Crippen LogP contribution in [0, 0.1) is 0 Å². The third-order valence-electron chi connectivity index (χ3n) is 2.71. The first-order chi connectivity index (χ1) is 9.83. The molecule has 0 fully saturated rings. The molecule has 0 radical (unpaired) electrons. The lowest BCUT2D eigenvalue weighted by molar-refractivity contribution is 0.0945. The van der Waals surface area contributed by atoms with Gasteiger partial charge in [0.25, 0.3) is 5.91 Å². The van der Waals surface area contributed by atoms with E-state index in [1.807, 2.05) is 17.5 Å². The molecule has 2 N–H and O–H groups in total. The molecule has 0 atom stereocenters. The summed E-state index contributed by atoms with van der Waals surface area (Å²) in [6, 6.07) is 5.49. The first-order valence-corrected chi connectivity index (χ1v) is 6.98. The number of carbonyl (C=O) groups is 1. The van der Waals surface area contributed by atoms with Gasteiger partial charge in [0, 0.05) is 31.4 Å². The van der Waals surface area contributed by atoms with Crippen molar-refractivity contribution in [2.75, 3.05) is 6.54 Å². The minimum Gasteiger partial charge on any atom is -0.355 e. The zero-order valence-electron chi connectivity index (χ0n) is 10.5. The van der Waals surface area contributed by atoms with Crippen molar-refractivity contribution in [3.63, 3.8) is 0 Å². The average molecular weight is 288 g/mol. The second-order valence-electron chi connectivity index (χ2n) is 4.10. The monoisotopic (exact) mass is 288 g/mol. The van der Waals surface area contributed by atoms with Crippen LogP contribution in [0.25, 0.3) is 10.6 Å². The largest absolute Gasteiger partial charge is 0.355 e. The average Bonchev–Trinajstić information content (AvgIpc) is 3.20.